The van der Waals surface area contributed by atoms with E-state index in [1.807, 2.05) is 19.1 Å². The molecular weight excluding hydrogens is 434 g/mol. The number of hydrogen-bond donors (Lipinski definition) is 2. The molecule has 25 heavy (non-hydrogen) atoms. The van der Waals surface area contributed by atoms with E-state index >= 15 is 0 Å². The van der Waals surface area contributed by atoms with Gasteiger partial charge in [0.25, 0.3) is 0 Å². The van der Waals surface area contributed by atoms with E-state index in [0.29, 0.717) is 30.5 Å². The fourth-order valence-corrected chi connectivity index (χ4v) is 2.17. The number of nitrogens with one attached hydrogen (secondary N) is 2. The van der Waals surface area contributed by atoms with Gasteiger partial charge in [-0.05, 0) is 37.0 Å². The molecule has 1 heterocycles. The number of aryl methyl sites for hydroxylation is 1. The third-order valence-electron chi connectivity index (χ3n) is 3.59. The number of hydrogen-bond acceptors (Lipinski definition) is 3. The predicted octanol–water partition coefficient (Wildman–Crippen LogP) is 4.12. The fraction of sp³-hybridized carbons (Fsp3) is 0.444. The SMILES string of the molecule is CCNC(=NCc1ccc(F)c(C)c1)NCc1cc(C(C)C)no1.I. The number of benzene rings is 1. The minimum atomic E-state index is -0.195. The van der Waals surface area contributed by atoms with Crippen LogP contribution in [-0.2, 0) is 13.1 Å². The van der Waals surface area contributed by atoms with Gasteiger partial charge in [-0.25, -0.2) is 9.38 Å². The first-order chi connectivity index (χ1) is 11.5. The van der Waals surface area contributed by atoms with Crippen LogP contribution in [0.15, 0.2) is 33.8 Å². The summed E-state index contributed by atoms with van der Waals surface area (Å²) >= 11 is 0. The zero-order valence-corrected chi connectivity index (χ0v) is 17.4. The molecular formula is C18H26FIN4O. The number of aromatic nitrogens is 1. The Morgan fingerprint density at radius 1 is 1.28 bits per heavy atom. The lowest BCUT2D eigenvalue weighted by molar-refractivity contribution is 0.372. The van der Waals surface area contributed by atoms with Crippen molar-refractivity contribution in [3.8, 4) is 0 Å². The molecule has 0 saturated carbocycles. The monoisotopic (exact) mass is 460 g/mol. The second kappa shape index (κ2) is 10.4. The molecule has 1 aromatic carbocycles. The molecule has 0 aliphatic carbocycles. The summed E-state index contributed by atoms with van der Waals surface area (Å²) in [4.78, 5) is 4.52. The first-order valence-corrected chi connectivity index (χ1v) is 8.22. The normalized spacial score (nSPS) is 11.4. The maximum atomic E-state index is 13.3. The van der Waals surface area contributed by atoms with Gasteiger partial charge in [0.05, 0.1) is 18.8 Å². The number of aliphatic imine (C=N–C) groups is 1. The lowest BCUT2D eigenvalue weighted by Crippen LogP contribution is -2.36. The van der Waals surface area contributed by atoms with E-state index in [9.17, 15) is 4.39 Å². The molecule has 0 aliphatic heterocycles. The molecule has 7 heteroatoms. The predicted molar refractivity (Wildman–Crippen MR) is 109 cm³/mol. The van der Waals surface area contributed by atoms with Crippen molar-refractivity contribution in [1.29, 1.82) is 0 Å². The van der Waals surface area contributed by atoms with Crippen LogP contribution in [0.2, 0.25) is 0 Å². The second-order valence-electron chi connectivity index (χ2n) is 6.01. The largest absolute Gasteiger partial charge is 0.359 e. The second-order valence-corrected chi connectivity index (χ2v) is 6.01. The van der Waals surface area contributed by atoms with Crippen LogP contribution in [0.4, 0.5) is 4.39 Å². The zero-order chi connectivity index (χ0) is 17.5. The Balaban J connectivity index is 0.00000312. The smallest absolute Gasteiger partial charge is 0.191 e. The fourth-order valence-electron chi connectivity index (χ4n) is 2.17. The van der Waals surface area contributed by atoms with Gasteiger partial charge in [0.2, 0.25) is 0 Å². The maximum absolute atomic E-state index is 13.3. The van der Waals surface area contributed by atoms with Crippen LogP contribution in [0.5, 0.6) is 0 Å². The van der Waals surface area contributed by atoms with Gasteiger partial charge in [0.15, 0.2) is 11.7 Å². The van der Waals surface area contributed by atoms with Crippen molar-refractivity contribution in [3.63, 3.8) is 0 Å². The molecule has 0 aliphatic rings. The highest BCUT2D eigenvalue weighted by Gasteiger charge is 2.08. The zero-order valence-electron chi connectivity index (χ0n) is 15.1. The minimum absolute atomic E-state index is 0. The van der Waals surface area contributed by atoms with Crippen LogP contribution >= 0.6 is 24.0 Å². The van der Waals surface area contributed by atoms with Gasteiger partial charge < -0.3 is 15.2 Å². The van der Waals surface area contributed by atoms with Crippen LogP contribution in [0.3, 0.4) is 0 Å². The maximum Gasteiger partial charge on any atom is 0.191 e. The summed E-state index contributed by atoms with van der Waals surface area (Å²) in [6, 6.07) is 6.99. The Kier molecular flexibility index (Phi) is 8.88. The quantitative estimate of drug-likeness (QED) is 0.387. The summed E-state index contributed by atoms with van der Waals surface area (Å²) in [6.07, 6.45) is 0. The third kappa shape index (κ3) is 6.64. The summed E-state index contributed by atoms with van der Waals surface area (Å²) in [7, 11) is 0. The van der Waals surface area contributed by atoms with Gasteiger partial charge in [-0.1, -0.05) is 31.1 Å². The molecule has 0 amide bonds. The Bertz CT molecular complexity index is 700. The molecule has 0 bridgehead atoms. The molecule has 1 aromatic heterocycles. The van der Waals surface area contributed by atoms with Crippen molar-refractivity contribution in [3.05, 3.63) is 52.7 Å². The molecule has 138 valence electrons. The van der Waals surface area contributed by atoms with Gasteiger partial charge in [-0.15, -0.1) is 24.0 Å². The van der Waals surface area contributed by atoms with Crippen molar-refractivity contribution in [2.75, 3.05) is 6.54 Å². The molecule has 0 atom stereocenters. The number of guanidine groups is 1. The summed E-state index contributed by atoms with van der Waals surface area (Å²) in [5.41, 5.74) is 2.53. The van der Waals surface area contributed by atoms with Gasteiger partial charge in [-0.3, -0.25) is 0 Å². The van der Waals surface area contributed by atoms with Crippen molar-refractivity contribution >= 4 is 29.9 Å². The van der Waals surface area contributed by atoms with Gasteiger partial charge in [-0.2, -0.15) is 0 Å². The van der Waals surface area contributed by atoms with E-state index in [4.69, 9.17) is 4.52 Å². The van der Waals surface area contributed by atoms with E-state index in [-0.39, 0.29) is 29.8 Å². The first kappa shape index (κ1) is 21.4. The van der Waals surface area contributed by atoms with Crippen LogP contribution in [0, 0.1) is 12.7 Å². The van der Waals surface area contributed by atoms with Crippen molar-refractivity contribution in [2.45, 2.75) is 46.7 Å². The molecule has 0 spiro atoms. The number of halogens is 2. The third-order valence-corrected chi connectivity index (χ3v) is 3.59. The van der Waals surface area contributed by atoms with Crippen LogP contribution in [0.25, 0.3) is 0 Å². The highest BCUT2D eigenvalue weighted by atomic mass is 127. The van der Waals surface area contributed by atoms with Crippen molar-refractivity contribution in [1.82, 2.24) is 15.8 Å². The van der Waals surface area contributed by atoms with Crippen molar-refractivity contribution < 1.29 is 8.91 Å². The molecule has 0 radical (unpaired) electrons. The van der Waals surface area contributed by atoms with Crippen LogP contribution < -0.4 is 10.6 Å². The molecule has 0 fully saturated rings. The lowest BCUT2D eigenvalue weighted by atomic mass is 10.1. The molecule has 5 nitrogen and oxygen atoms in total. The first-order valence-electron chi connectivity index (χ1n) is 8.22. The number of rotatable bonds is 6. The lowest BCUT2D eigenvalue weighted by Gasteiger charge is -2.10. The van der Waals surface area contributed by atoms with Crippen LogP contribution in [0.1, 0.15) is 49.3 Å². The average molecular weight is 460 g/mol. The van der Waals surface area contributed by atoms with E-state index in [1.54, 1.807) is 13.0 Å². The van der Waals surface area contributed by atoms with E-state index in [0.717, 1.165) is 23.6 Å². The van der Waals surface area contributed by atoms with Gasteiger partial charge >= 0.3 is 0 Å². The topological polar surface area (TPSA) is 62.5 Å². The Morgan fingerprint density at radius 2 is 2.04 bits per heavy atom. The highest BCUT2D eigenvalue weighted by molar-refractivity contribution is 14.0. The Morgan fingerprint density at radius 3 is 2.64 bits per heavy atom. The summed E-state index contributed by atoms with van der Waals surface area (Å²) in [5.74, 6) is 1.59. The minimum Gasteiger partial charge on any atom is -0.359 e. The standard InChI is InChI=1S/C18H25FN4O.HI/c1-5-20-18(21-10-14-6-7-16(19)13(4)8-14)22-11-15-9-17(12(2)3)23-24-15;/h6-9,12H,5,10-11H2,1-4H3,(H2,20,21,22);1H. The van der Waals surface area contributed by atoms with Gasteiger partial charge in [0, 0.05) is 12.6 Å². The van der Waals surface area contributed by atoms with E-state index in [1.165, 1.54) is 6.07 Å². The molecule has 2 N–H and O–H groups in total. The summed E-state index contributed by atoms with van der Waals surface area (Å²) in [5, 5.41) is 10.4. The highest BCUT2D eigenvalue weighted by Crippen LogP contribution is 2.14. The molecule has 0 saturated heterocycles. The molecule has 2 aromatic rings. The number of nitrogens with zero attached hydrogens (tertiary/aromatic N) is 2. The Hall–Kier alpha value is -1.64. The van der Waals surface area contributed by atoms with Gasteiger partial charge in [0.1, 0.15) is 5.82 Å². The van der Waals surface area contributed by atoms with Crippen molar-refractivity contribution in [2.24, 2.45) is 4.99 Å². The summed E-state index contributed by atoms with van der Waals surface area (Å²) in [6.45, 7) is 9.64. The van der Waals surface area contributed by atoms with Crippen LogP contribution in [-0.4, -0.2) is 17.7 Å². The molecule has 2 rings (SSSR count). The van der Waals surface area contributed by atoms with E-state index < -0.39 is 0 Å². The van der Waals surface area contributed by atoms with E-state index in [2.05, 4.69) is 34.6 Å². The Labute approximate surface area is 165 Å². The molecule has 0 unspecified atom stereocenters. The summed E-state index contributed by atoms with van der Waals surface area (Å²) < 4.78 is 18.6. The average Bonchev–Trinajstić information content (AvgIpc) is 3.02.